The van der Waals surface area contributed by atoms with Crippen molar-refractivity contribution in [3.63, 3.8) is 0 Å². The molecule has 2 aliphatic rings. The van der Waals surface area contributed by atoms with Crippen molar-refractivity contribution in [2.75, 3.05) is 19.6 Å². The molecule has 5 nitrogen and oxygen atoms in total. The van der Waals surface area contributed by atoms with Crippen LogP contribution in [0.15, 0.2) is 223 Å². The van der Waals surface area contributed by atoms with Gasteiger partial charge in [0.2, 0.25) is 0 Å². The Morgan fingerprint density at radius 1 is 0.238 bits per heavy atom. The summed E-state index contributed by atoms with van der Waals surface area (Å²) in [5.74, 6) is 0. The van der Waals surface area contributed by atoms with E-state index in [0.29, 0.717) is 0 Å². The maximum Gasteiger partial charge on any atom is 0.137 e. The molecule has 0 atom stereocenters. The van der Waals surface area contributed by atoms with Crippen molar-refractivity contribution in [1.82, 2.24) is 0 Å². The lowest BCUT2D eigenvalue weighted by Crippen LogP contribution is -2.24. The third-order valence-corrected chi connectivity index (χ3v) is 13.2. The van der Waals surface area contributed by atoms with Crippen LogP contribution in [0.2, 0.25) is 0 Å². The fraction of sp³-hybridized carbons (Fsp3) is 0. The minimum absolute atomic E-state index is 0.864. The van der Waals surface area contributed by atoms with Crippen molar-refractivity contribution < 1.29 is 4.42 Å². The number of benzene rings is 11. The van der Waals surface area contributed by atoms with E-state index in [9.17, 15) is 0 Å². The average molecular weight is 805 g/mol. The zero-order valence-corrected chi connectivity index (χ0v) is 34.0. The lowest BCUT2D eigenvalue weighted by molar-refractivity contribution is 0.669. The van der Waals surface area contributed by atoms with Crippen molar-refractivity contribution in [3.8, 4) is 0 Å². The van der Waals surface area contributed by atoms with Crippen LogP contribution in [0.25, 0.3) is 54.3 Å². The summed E-state index contributed by atoms with van der Waals surface area (Å²) in [5.41, 5.74) is 15.2. The molecule has 0 radical (unpaired) electrons. The number of hydrogen-bond donors (Lipinski definition) is 0. The Morgan fingerprint density at radius 2 is 0.635 bits per heavy atom. The second-order valence-corrected chi connectivity index (χ2v) is 16.5. The monoisotopic (exact) mass is 804 g/mol. The topological polar surface area (TPSA) is 26.1 Å². The Labute approximate surface area is 363 Å². The van der Waals surface area contributed by atoms with Crippen LogP contribution in [-0.2, 0) is 0 Å². The normalized spacial score (nSPS) is 13.3. The van der Waals surface area contributed by atoms with Gasteiger partial charge in [-0.15, -0.1) is 0 Å². The van der Waals surface area contributed by atoms with Gasteiger partial charge >= 0.3 is 0 Å². The van der Waals surface area contributed by atoms with E-state index < -0.39 is 0 Å². The SMILES string of the molecule is c1ccc(N2c3ccccc3N(c3ccc4ccc5c(N6c7ccccc7N(c7ccccc7)c7cc8c(cc76)oc6ccccc68)ccc6ccc3c4c65)c3ccccc32)cc1. The summed E-state index contributed by atoms with van der Waals surface area (Å²) in [6.45, 7) is 0. The molecular formula is C58H36N4O. The molecule has 0 N–H and O–H groups in total. The Balaban J connectivity index is 1.02. The molecule has 63 heavy (non-hydrogen) atoms. The second-order valence-electron chi connectivity index (χ2n) is 16.5. The van der Waals surface area contributed by atoms with Crippen LogP contribution in [0.4, 0.5) is 68.2 Å². The number of furan rings is 1. The predicted octanol–water partition coefficient (Wildman–Crippen LogP) is 17.0. The van der Waals surface area contributed by atoms with Gasteiger partial charge in [0.25, 0.3) is 0 Å². The van der Waals surface area contributed by atoms with E-state index in [4.69, 9.17) is 4.42 Å². The highest BCUT2D eigenvalue weighted by Gasteiger charge is 2.34. The first-order chi connectivity index (χ1) is 31.3. The zero-order valence-electron chi connectivity index (χ0n) is 34.0. The Kier molecular flexibility index (Phi) is 7.05. The molecule has 0 saturated heterocycles. The van der Waals surface area contributed by atoms with Crippen molar-refractivity contribution >= 4 is 123 Å². The van der Waals surface area contributed by atoms with Gasteiger partial charge in [0.05, 0.1) is 56.9 Å². The molecular weight excluding hydrogens is 769 g/mol. The van der Waals surface area contributed by atoms with E-state index in [2.05, 4.69) is 232 Å². The van der Waals surface area contributed by atoms with Gasteiger partial charge in [-0.2, -0.15) is 0 Å². The number of para-hydroxylation sites is 9. The summed E-state index contributed by atoms with van der Waals surface area (Å²) >= 11 is 0. The number of anilines is 12. The lowest BCUT2D eigenvalue weighted by atomic mass is 9.91. The van der Waals surface area contributed by atoms with Crippen LogP contribution in [0, 0.1) is 0 Å². The van der Waals surface area contributed by atoms with Gasteiger partial charge in [-0.05, 0) is 106 Å². The predicted molar refractivity (Wildman–Crippen MR) is 263 cm³/mol. The third-order valence-electron chi connectivity index (χ3n) is 13.2. The van der Waals surface area contributed by atoms with Crippen molar-refractivity contribution in [2.45, 2.75) is 0 Å². The van der Waals surface area contributed by atoms with Crippen LogP contribution in [-0.4, -0.2) is 0 Å². The smallest absolute Gasteiger partial charge is 0.137 e. The van der Waals surface area contributed by atoms with E-state index in [0.717, 1.165) is 90.2 Å². The quantitative estimate of drug-likeness (QED) is 0.165. The number of fused-ring (bicyclic) bond motifs is 7. The minimum atomic E-state index is 0.864. The minimum Gasteiger partial charge on any atom is -0.456 e. The standard InChI is InChI=1S/C58H36N4O/c1-3-15-39(16-4-1)59-47-20-8-11-23-50(47)61(51-24-12-9-21-48(51)59)45-33-29-37-28-32-43-46(34-30-38-27-31-42(45)57(37)58(38)43)62-52-25-13-10-22-49(52)60(40-17-5-2-6-18-40)53-35-44-41-19-7-14-26-55(41)63-56(44)36-54(53)62/h1-36H. The first-order valence-corrected chi connectivity index (χ1v) is 21.5. The van der Waals surface area contributed by atoms with Crippen molar-refractivity contribution in [2.24, 2.45) is 0 Å². The third kappa shape index (κ3) is 4.82. The summed E-state index contributed by atoms with van der Waals surface area (Å²) in [4.78, 5) is 9.71. The van der Waals surface area contributed by atoms with E-state index in [1.165, 1.54) is 32.3 Å². The summed E-state index contributed by atoms with van der Waals surface area (Å²) in [5, 5.41) is 9.54. The second kappa shape index (κ2) is 13.0. The molecule has 0 fully saturated rings. The Morgan fingerprint density at radius 3 is 1.16 bits per heavy atom. The molecule has 0 unspecified atom stereocenters. The molecule has 1 aromatic heterocycles. The van der Waals surface area contributed by atoms with Gasteiger partial charge in [-0.1, -0.05) is 127 Å². The van der Waals surface area contributed by atoms with E-state index >= 15 is 0 Å². The van der Waals surface area contributed by atoms with E-state index in [1.54, 1.807) is 0 Å². The molecule has 0 saturated carbocycles. The Bertz CT molecular complexity index is 3740. The molecule has 0 spiro atoms. The van der Waals surface area contributed by atoms with E-state index in [1.807, 2.05) is 6.07 Å². The molecule has 0 aliphatic carbocycles. The van der Waals surface area contributed by atoms with Gasteiger partial charge < -0.3 is 24.0 Å². The highest BCUT2D eigenvalue weighted by Crippen LogP contribution is 2.59. The van der Waals surface area contributed by atoms with Gasteiger partial charge in [0, 0.05) is 39.0 Å². The van der Waals surface area contributed by atoms with Crippen LogP contribution in [0.5, 0.6) is 0 Å². The first kappa shape index (κ1) is 34.2. The summed E-state index contributed by atoms with van der Waals surface area (Å²) in [7, 11) is 0. The zero-order chi connectivity index (χ0) is 41.2. The van der Waals surface area contributed by atoms with Crippen LogP contribution >= 0.6 is 0 Å². The van der Waals surface area contributed by atoms with Gasteiger partial charge in [-0.25, -0.2) is 0 Å². The maximum absolute atomic E-state index is 6.61. The molecule has 12 aromatic rings. The summed E-state index contributed by atoms with van der Waals surface area (Å²) < 4.78 is 6.61. The summed E-state index contributed by atoms with van der Waals surface area (Å²) in [6.07, 6.45) is 0. The average Bonchev–Trinajstić information content (AvgIpc) is 3.71. The number of nitrogens with zero attached hydrogens (tertiary/aromatic N) is 4. The molecule has 0 amide bonds. The van der Waals surface area contributed by atoms with Crippen molar-refractivity contribution in [3.05, 3.63) is 218 Å². The van der Waals surface area contributed by atoms with Crippen LogP contribution in [0.1, 0.15) is 0 Å². The van der Waals surface area contributed by atoms with Crippen LogP contribution < -0.4 is 19.6 Å². The van der Waals surface area contributed by atoms with Gasteiger partial charge in [0.15, 0.2) is 0 Å². The van der Waals surface area contributed by atoms with Gasteiger partial charge in [0.1, 0.15) is 11.2 Å². The molecule has 11 aromatic carbocycles. The molecule has 2 aliphatic heterocycles. The first-order valence-electron chi connectivity index (χ1n) is 21.5. The highest BCUT2D eigenvalue weighted by molar-refractivity contribution is 6.29. The molecule has 3 heterocycles. The largest absolute Gasteiger partial charge is 0.456 e. The van der Waals surface area contributed by atoms with Crippen molar-refractivity contribution in [1.29, 1.82) is 0 Å². The Hall–Kier alpha value is -8.54. The summed E-state index contributed by atoms with van der Waals surface area (Å²) in [6, 6.07) is 79.1. The fourth-order valence-corrected chi connectivity index (χ4v) is 10.5. The van der Waals surface area contributed by atoms with Gasteiger partial charge in [-0.3, -0.25) is 0 Å². The highest BCUT2D eigenvalue weighted by atomic mass is 16.3. The molecule has 5 heteroatoms. The fourth-order valence-electron chi connectivity index (χ4n) is 10.5. The maximum atomic E-state index is 6.61. The lowest BCUT2D eigenvalue weighted by Gasteiger charge is -2.41. The van der Waals surface area contributed by atoms with E-state index in [-0.39, 0.29) is 0 Å². The van der Waals surface area contributed by atoms with Crippen LogP contribution in [0.3, 0.4) is 0 Å². The number of hydrogen-bond acceptors (Lipinski definition) is 5. The number of rotatable bonds is 4. The molecule has 14 rings (SSSR count). The molecule has 0 bridgehead atoms. The molecule has 294 valence electrons.